The molecule has 3 rings (SSSR count). The van der Waals surface area contributed by atoms with Crippen molar-refractivity contribution >= 4 is 0 Å². The van der Waals surface area contributed by atoms with E-state index in [1.54, 1.807) is 12.4 Å². The van der Waals surface area contributed by atoms with Crippen LogP contribution in [0.2, 0.25) is 0 Å². The van der Waals surface area contributed by atoms with Crippen LogP contribution in [-0.4, -0.2) is 20.2 Å². The Morgan fingerprint density at radius 2 is 2.00 bits per heavy atom. The maximum atomic E-state index is 10.8. The maximum absolute atomic E-state index is 10.8. The lowest BCUT2D eigenvalue weighted by Gasteiger charge is -1.93. The number of rotatable bonds is 2. The molecule has 0 bridgehead atoms. The van der Waals surface area contributed by atoms with E-state index in [1.165, 1.54) is 0 Å². The molecule has 0 spiro atoms. The van der Waals surface area contributed by atoms with Crippen LogP contribution in [0.1, 0.15) is 0 Å². The highest BCUT2D eigenvalue weighted by atomic mass is 16.4. The van der Waals surface area contributed by atoms with Gasteiger partial charge >= 0.3 is 5.76 Å². The fourth-order valence-electron chi connectivity index (χ4n) is 1.57. The van der Waals surface area contributed by atoms with Crippen molar-refractivity contribution in [3.05, 3.63) is 47.3 Å². The summed E-state index contributed by atoms with van der Waals surface area (Å²) < 4.78 is 4.85. The molecule has 3 heterocycles. The Morgan fingerprint density at radius 1 is 1.18 bits per heavy atom. The van der Waals surface area contributed by atoms with Crippen LogP contribution in [0.25, 0.3) is 22.7 Å². The van der Waals surface area contributed by atoms with Crippen molar-refractivity contribution in [3.8, 4) is 22.7 Å². The van der Waals surface area contributed by atoms with Gasteiger partial charge in [0.25, 0.3) is 5.89 Å². The van der Waals surface area contributed by atoms with Gasteiger partial charge in [0.05, 0.1) is 0 Å². The van der Waals surface area contributed by atoms with Crippen molar-refractivity contribution in [2.24, 2.45) is 0 Å². The number of hydrogen-bond acceptors (Lipinski definition) is 4. The number of nitrogens with zero attached hydrogens (tertiary/aromatic N) is 2. The van der Waals surface area contributed by atoms with Crippen molar-refractivity contribution in [2.75, 3.05) is 0 Å². The van der Waals surface area contributed by atoms with Gasteiger partial charge in [0, 0.05) is 24.2 Å². The first-order chi connectivity index (χ1) is 8.33. The Hall–Kier alpha value is -2.63. The number of aromatic amines is 2. The molecule has 0 saturated carbocycles. The van der Waals surface area contributed by atoms with E-state index in [0.717, 1.165) is 11.1 Å². The van der Waals surface area contributed by atoms with Gasteiger partial charge in [-0.2, -0.15) is 0 Å². The van der Waals surface area contributed by atoms with Crippen molar-refractivity contribution in [2.45, 2.75) is 0 Å². The van der Waals surface area contributed by atoms with Gasteiger partial charge in [-0.15, -0.1) is 5.10 Å². The quantitative estimate of drug-likeness (QED) is 0.694. The standard InChI is InChI=1S/C11H8N4O2/c16-11-15-14-10(17-11)9-5-8(6-13-9)7-1-3-12-4-2-7/h1-6,13H,(H,15,16). The largest absolute Gasteiger partial charge is 0.434 e. The molecule has 84 valence electrons. The van der Waals surface area contributed by atoms with E-state index in [9.17, 15) is 4.79 Å². The first-order valence-corrected chi connectivity index (χ1v) is 4.97. The molecule has 0 atom stereocenters. The Balaban J connectivity index is 2.01. The van der Waals surface area contributed by atoms with E-state index in [-0.39, 0.29) is 5.89 Å². The average Bonchev–Trinajstić information content (AvgIpc) is 2.98. The minimum atomic E-state index is -0.569. The first-order valence-electron chi connectivity index (χ1n) is 4.97. The Kier molecular flexibility index (Phi) is 2.11. The molecule has 3 aromatic heterocycles. The molecule has 3 aromatic rings. The highest BCUT2D eigenvalue weighted by Gasteiger charge is 2.08. The summed E-state index contributed by atoms with van der Waals surface area (Å²) in [5, 5.41) is 5.96. The fraction of sp³-hybridized carbons (Fsp3) is 0. The summed E-state index contributed by atoms with van der Waals surface area (Å²) in [4.78, 5) is 17.8. The summed E-state index contributed by atoms with van der Waals surface area (Å²) in [6, 6.07) is 5.65. The third-order valence-electron chi connectivity index (χ3n) is 2.37. The highest BCUT2D eigenvalue weighted by Crippen LogP contribution is 2.23. The van der Waals surface area contributed by atoms with E-state index in [2.05, 4.69) is 20.2 Å². The van der Waals surface area contributed by atoms with E-state index >= 15 is 0 Å². The average molecular weight is 228 g/mol. The molecular formula is C11H8N4O2. The van der Waals surface area contributed by atoms with Crippen LogP contribution in [0.3, 0.4) is 0 Å². The Morgan fingerprint density at radius 3 is 2.71 bits per heavy atom. The van der Waals surface area contributed by atoms with Crippen LogP contribution >= 0.6 is 0 Å². The summed E-state index contributed by atoms with van der Waals surface area (Å²) in [6.45, 7) is 0. The Bertz CT molecular complexity index is 681. The smallest absolute Gasteiger partial charge is 0.386 e. The zero-order valence-corrected chi connectivity index (χ0v) is 8.68. The van der Waals surface area contributed by atoms with Gasteiger partial charge in [-0.25, -0.2) is 9.89 Å². The van der Waals surface area contributed by atoms with Gasteiger partial charge in [-0.05, 0) is 23.8 Å². The second-order valence-electron chi connectivity index (χ2n) is 3.46. The molecule has 0 fully saturated rings. The van der Waals surface area contributed by atoms with Crippen molar-refractivity contribution in [1.29, 1.82) is 0 Å². The molecule has 0 saturated heterocycles. The normalized spacial score (nSPS) is 10.6. The number of nitrogens with one attached hydrogen (secondary N) is 2. The highest BCUT2D eigenvalue weighted by molar-refractivity contribution is 5.67. The predicted molar refractivity (Wildman–Crippen MR) is 60.1 cm³/mol. The second-order valence-corrected chi connectivity index (χ2v) is 3.46. The van der Waals surface area contributed by atoms with Crippen LogP contribution in [-0.2, 0) is 0 Å². The van der Waals surface area contributed by atoms with Crippen LogP contribution in [0.5, 0.6) is 0 Å². The minimum Gasteiger partial charge on any atom is -0.386 e. The van der Waals surface area contributed by atoms with E-state index in [4.69, 9.17) is 4.42 Å². The Labute approximate surface area is 95.3 Å². The minimum absolute atomic E-state index is 0.246. The van der Waals surface area contributed by atoms with Crippen LogP contribution in [0.4, 0.5) is 0 Å². The summed E-state index contributed by atoms with van der Waals surface area (Å²) in [7, 11) is 0. The van der Waals surface area contributed by atoms with Crippen molar-refractivity contribution in [1.82, 2.24) is 20.2 Å². The molecule has 2 N–H and O–H groups in total. The predicted octanol–water partition coefficient (Wildman–Crippen LogP) is 1.42. The van der Waals surface area contributed by atoms with Gasteiger partial charge in [-0.3, -0.25) is 4.98 Å². The summed E-state index contributed by atoms with van der Waals surface area (Å²) in [5.41, 5.74) is 2.66. The number of pyridine rings is 1. The van der Waals surface area contributed by atoms with E-state index in [0.29, 0.717) is 5.69 Å². The van der Waals surface area contributed by atoms with Crippen LogP contribution < -0.4 is 5.76 Å². The second kappa shape index (κ2) is 3.75. The molecule has 0 amide bonds. The third-order valence-corrected chi connectivity index (χ3v) is 2.37. The van der Waals surface area contributed by atoms with Crippen LogP contribution in [0.15, 0.2) is 46.0 Å². The van der Waals surface area contributed by atoms with Crippen LogP contribution in [0, 0.1) is 0 Å². The van der Waals surface area contributed by atoms with Gasteiger partial charge in [-0.1, -0.05) is 0 Å². The molecule has 0 aliphatic carbocycles. The van der Waals surface area contributed by atoms with Gasteiger partial charge < -0.3 is 9.40 Å². The number of hydrogen-bond donors (Lipinski definition) is 2. The lowest BCUT2D eigenvalue weighted by molar-refractivity contribution is 0.525. The first kappa shape index (κ1) is 9.59. The van der Waals surface area contributed by atoms with Gasteiger partial charge in [0.2, 0.25) is 0 Å². The lowest BCUT2D eigenvalue weighted by Crippen LogP contribution is -1.93. The zero-order valence-electron chi connectivity index (χ0n) is 8.68. The molecule has 6 heteroatoms. The van der Waals surface area contributed by atoms with Crippen molar-refractivity contribution in [3.63, 3.8) is 0 Å². The molecule has 0 aromatic carbocycles. The SMILES string of the molecule is O=c1[nH]nc(-c2cc(-c3ccncc3)c[nH]2)o1. The number of H-pyrrole nitrogens is 2. The molecule has 0 unspecified atom stereocenters. The van der Waals surface area contributed by atoms with Crippen molar-refractivity contribution < 1.29 is 4.42 Å². The van der Waals surface area contributed by atoms with Gasteiger partial charge in [0.1, 0.15) is 5.69 Å². The fourth-order valence-corrected chi connectivity index (χ4v) is 1.57. The van der Waals surface area contributed by atoms with E-state index in [1.807, 2.05) is 24.4 Å². The zero-order chi connectivity index (χ0) is 11.7. The molecule has 0 radical (unpaired) electrons. The maximum Gasteiger partial charge on any atom is 0.434 e. The molecule has 0 aliphatic rings. The van der Waals surface area contributed by atoms with E-state index < -0.39 is 5.76 Å². The molecule has 0 aliphatic heterocycles. The molecule has 17 heavy (non-hydrogen) atoms. The number of aromatic nitrogens is 4. The topological polar surface area (TPSA) is 87.6 Å². The summed E-state index contributed by atoms with van der Waals surface area (Å²) in [6.07, 6.45) is 5.26. The monoisotopic (exact) mass is 228 g/mol. The third kappa shape index (κ3) is 1.76. The molecule has 6 nitrogen and oxygen atoms in total. The van der Waals surface area contributed by atoms with Gasteiger partial charge in [0.15, 0.2) is 0 Å². The summed E-state index contributed by atoms with van der Waals surface area (Å²) >= 11 is 0. The summed E-state index contributed by atoms with van der Waals surface area (Å²) in [5.74, 6) is -0.324. The lowest BCUT2D eigenvalue weighted by atomic mass is 10.1. The molecular weight excluding hydrogens is 220 g/mol.